The molecule has 114 valence electrons. The lowest BCUT2D eigenvalue weighted by Gasteiger charge is -2.15. The van der Waals surface area contributed by atoms with Gasteiger partial charge in [-0.15, -0.1) is 0 Å². The number of rotatable bonds is 7. The van der Waals surface area contributed by atoms with Gasteiger partial charge in [-0.25, -0.2) is 4.98 Å². The Bertz CT molecular complexity index is 583. The van der Waals surface area contributed by atoms with Crippen molar-refractivity contribution in [3.8, 4) is 5.75 Å². The van der Waals surface area contributed by atoms with Crippen molar-refractivity contribution in [2.45, 2.75) is 32.2 Å². The first kappa shape index (κ1) is 15.9. The molecule has 0 saturated heterocycles. The molecule has 0 fully saturated rings. The summed E-state index contributed by atoms with van der Waals surface area (Å²) in [4.78, 5) is 4.29. The molecule has 0 bridgehead atoms. The summed E-state index contributed by atoms with van der Waals surface area (Å²) in [6.45, 7) is 2.64. The third kappa shape index (κ3) is 4.22. The lowest BCUT2D eigenvalue weighted by atomic mass is 10.0. The maximum absolute atomic E-state index is 6.28. The number of ether oxygens (including phenoxy) is 1. The van der Waals surface area contributed by atoms with Crippen LogP contribution in [-0.4, -0.2) is 22.2 Å². The van der Waals surface area contributed by atoms with Gasteiger partial charge >= 0.3 is 0 Å². The Kier molecular flexibility index (Phi) is 5.65. The zero-order valence-electron chi connectivity index (χ0n) is 12.6. The predicted molar refractivity (Wildman–Crippen MR) is 85.8 cm³/mol. The normalized spacial score (nSPS) is 12.4. The Morgan fingerprint density at radius 1 is 1.43 bits per heavy atom. The summed E-state index contributed by atoms with van der Waals surface area (Å²) in [6, 6.07) is 5.83. The van der Waals surface area contributed by atoms with Gasteiger partial charge in [0.2, 0.25) is 0 Å². The number of nitrogens with zero attached hydrogens (tertiary/aromatic N) is 2. The van der Waals surface area contributed by atoms with Crippen molar-refractivity contribution >= 4 is 11.6 Å². The van der Waals surface area contributed by atoms with Crippen molar-refractivity contribution in [3.05, 3.63) is 47.0 Å². The van der Waals surface area contributed by atoms with Gasteiger partial charge in [0, 0.05) is 42.5 Å². The monoisotopic (exact) mass is 307 g/mol. The molecule has 1 atom stereocenters. The summed E-state index contributed by atoms with van der Waals surface area (Å²) in [6.07, 6.45) is 6.13. The molecule has 21 heavy (non-hydrogen) atoms. The minimum absolute atomic E-state index is 0.0989. The smallest absolute Gasteiger partial charge is 0.124 e. The van der Waals surface area contributed by atoms with Gasteiger partial charge in [-0.1, -0.05) is 24.6 Å². The minimum atomic E-state index is 0.0989. The molecule has 4 nitrogen and oxygen atoms in total. The minimum Gasteiger partial charge on any atom is -0.493 e. The van der Waals surface area contributed by atoms with E-state index in [1.165, 1.54) is 0 Å². The van der Waals surface area contributed by atoms with E-state index in [4.69, 9.17) is 22.1 Å². The van der Waals surface area contributed by atoms with E-state index in [1.54, 1.807) is 6.20 Å². The Balaban J connectivity index is 2.02. The molecular weight excluding hydrogens is 286 g/mol. The highest BCUT2D eigenvalue weighted by Crippen LogP contribution is 2.28. The Labute approximate surface area is 130 Å². The molecule has 2 aromatic rings. The van der Waals surface area contributed by atoms with Crippen LogP contribution in [0.5, 0.6) is 5.75 Å². The van der Waals surface area contributed by atoms with Gasteiger partial charge in [-0.3, -0.25) is 0 Å². The Hall–Kier alpha value is -1.52. The molecule has 0 aliphatic carbocycles. The van der Waals surface area contributed by atoms with E-state index in [9.17, 15) is 0 Å². The third-order valence-corrected chi connectivity index (χ3v) is 3.92. The average Bonchev–Trinajstić information content (AvgIpc) is 2.87. The largest absolute Gasteiger partial charge is 0.493 e. The summed E-state index contributed by atoms with van der Waals surface area (Å²) >= 11 is 6.28. The van der Waals surface area contributed by atoms with Crippen molar-refractivity contribution in [1.29, 1.82) is 0 Å². The maximum atomic E-state index is 6.28. The number of hydrogen-bond donors (Lipinski definition) is 1. The summed E-state index contributed by atoms with van der Waals surface area (Å²) in [5.74, 6) is 1.82. The third-order valence-electron chi connectivity index (χ3n) is 3.57. The van der Waals surface area contributed by atoms with Gasteiger partial charge in [0.25, 0.3) is 0 Å². The summed E-state index contributed by atoms with van der Waals surface area (Å²) in [5, 5.41) is 0.716. The van der Waals surface area contributed by atoms with Crippen LogP contribution in [0.1, 0.15) is 24.7 Å². The second-order valence-electron chi connectivity index (χ2n) is 5.14. The fourth-order valence-electron chi connectivity index (χ4n) is 2.17. The predicted octanol–water partition coefficient (Wildman–Crippen LogP) is 2.97. The molecule has 0 radical (unpaired) electrons. The molecule has 1 unspecified atom stereocenters. The zero-order chi connectivity index (χ0) is 15.2. The Morgan fingerprint density at radius 2 is 2.24 bits per heavy atom. The molecule has 0 spiro atoms. The van der Waals surface area contributed by atoms with Gasteiger partial charge in [-0.05, 0) is 25.0 Å². The van der Waals surface area contributed by atoms with Crippen LogP contribution in [0.25, 0.3) is 0 Å². The Morgan fingerprint density at radius 3 is 2.90 bits per heavy atom. The number of aryl methyl sites for hydroxylation is 1. The second kappa shape index (κ2) is 7.48. The lowest BCUT2D eigenvalue weighted by Crippen LogP contribution is -2.22. The van der Waals surface area contributed by atoms with E-state index in [1.807, 2.05) is 36.0 Å². The molecule has 2 rings (SSSR count). The van der Waals surface area contributed by atoms with Crippen LogP contribution in [0.3, 0.4) is 0 Å². The molecule has 0 aliphatic heterocycles. The summed E-state index contributed by atoms with van der Waals surface area (Å²) < 4.78 is 7.89. The topological polar surface area (TPSA) is 53.1 Å². The first-order valence-electron chi connectivity index (χ1n) is 7.23. The highest BCUT2D eigenvalue weighted by atomic mass is 35.5. The van der Waals surface area contributed by atoms with E-state index in [0.717, 1.165) is 36.4 Å². The number of aromatic nitrogens is 2. The number of benzene rings is 1. The van der Waals surface area contributed by atoms with Crippen molar-refractivity contribution in [3.63, 3.8) is 0 Å². The van der Waals surface area contributed by atoms with Crippen LogP contribution in [0.2, 0.25) is 5.02 Å². The SMILES string of the molecule is CCC(N)Cc1c(Cl)cccc1OCCc1nccn1C. The highest BCUT2D eigenvalue weighted by Gasteiger charge is 2.12. The van der Waals surface area contributed by atoms with Crippen LogP contribution >= 0.6 is 11.6 Å². The highest BCUT2D eigenvalue weighted by molar-refractivity contribution is 6.31. The van der Waals surface area contributed by atoms with Crippen LogP contribution < -0.4 is 10.5 Å². The van der Waals surface area contributed by atoms with Crippen LogP contribution in [0.15, 0.2) is 30.6 Å². The van der Waals surface area contributed by atoms with Crippen LogP contribution in [-0.2, 0) is 19.9 Å². The first-order valence-corrected chi connectivity index (χ1v) is 7.61. The van der Waals surface area contributed by atoms with Crippen molar-refractivity contribution in [2.75, 3.05) is 6.61 Å². The van der Waals surface area contributed by atoms with Crippen molar-refractivity contribution in [2.24, 2.45) is 12.8 Å². The molecule has 0 aliphatic rings. The summed E-state index contributed by atoms with van der Waals surface area (Å²) in [5.41, 5.74) is 7.03. The van der Waals surface area contributed by atoms with Gasteiger partial charge in [0.1, 0.15) is 11.6 Å². The quantitative estimate of drug-likeness (QED) is 0.855. The van der Waals surface area contributed by atoms with Gasteiger partial charge < -0.3 is 15.0 Å². The fourth-order valence-corrected chi connectivity index (χ4v) is 2.41. The molecular formula is C16H22ClN3O. The van der Waals surface area contributed by atoms with Crippen LogP contribution in [0, 0.1) is 0 Å². The van der Waals surface area contributed by atoms with E-state index in [-0.39, 0.29) is 6.04 Å². The number of nitrogens with two attached hydrogens (primary N) is 1. The van der Waals surface area contributed by atoms with E-state index in [2.05, 4.69) is 11.9 Å². The molecule has 1 aromatic heterocycles. The van der Waals surface area contributed by atoms with Crippen molar-refractivity contribution in [1.82, 2.24) is 9.55 Å². The zero-order valence-corrected chi connectivity index (χ0v) is 13.3. The second-order valence-corrected chi connectivity index (χ2v) is 5.55. The fraction of sp³-hybridized carbons (Fsp3) is 0.438. The molecule has 0 amide bonds. The molecule has 2 N–H and O–H groups in total. The molecule has 0 saturated carbocycles. The van der Waals surface area contributed by atoms with Gasteiger partial charge in [0.15, 0.2) is 0 Å². The van der Waals surface area contributed by atoms with E-state index in [0.29, 0.717) is 11.6 Å². The number of halogens is 1. The van der Waals surface area contributed by atoms with Gasteiger partial charge in [-0.2, -0.15) is 0 Å². The molecule has 1 heterocycles. The average molecular weight is 308 g/mol. The molecule has 1 aromatic carbocycles. The number of hydrogen-bond acceptors (Lipinski definition) is 3. The van der Waals surface area contributed by atoms with Crippen molar-refractivity contribution < 1.29 is 4.74 Å². The first-order chi connectivity index (χ1) is 10.1. The van der Waals surface area contributed by atoms with E-state index >= 15 is 0 Å². The summed E-state index contributed by atoms with van der Waals surface area (Å²) in [7, 11) is 1.98. The van der Waals surface area contributed by atoms with Gasteiger partial charge in [0.05, 0.1) is 6.61 Å². The standard InChI is InChI=1S/C16H22ClN3O/c1-3-12(18)11-13-14(17)5-4-6-15(13)21-10-7-16-19-8-9-20(16)2/h4-6,8-9,12H,3,7,10-11,18H2,1-2H3. The van der Waals surface area contributed by atoms with E-state index < -0.39 is 0 Å². The van der Waals surface area contributed by atoms with Crippen LogP contribution in [0.4, 0.5) is 0 Å². The number of imidazole rings is 1. The maximum Gasteiger partial charge on any atom is 0.124 e. The molecule has 5 heteroatoms. The lowest BCUT2D eigenvalue weighted by molar-refractivity contribution is 0.313.